The second kappa shape index (κ2) is 5.59. The number of halogens is 5. The highest BCUT2D eigenvalue weighted by Crippen LogP contribution is 2.35. The van der Waals surface area contributed by atoms with E-state index < -0.39 is 30.4 Å². The summed E-state index contributed by atoms with van der Waals surface area (Å²) in [4.78, 5) is 15.0. The molecule has 0 unspecified atom stereocenters. The molecule has 0 aliphatic heterocycles. The molecule has 0 radical (unpaired) electrons. The number of aromatic nitrogens is 1. The molecule has 112 valence electrons. The molecular weight excluding hydrogens is 287 g/mol. The molecule has 4 nitrogen and oxygen atoms in total. The maximum absolute atomic E-state index is 12.8. The van der Waals surface area contributed by atoms with Crippen molar-refractivity contribution < 1.29 is 31.5 Å². The minimum absolute atomic E-state index is 0.217. The fraction of sp³-hybridized carbons (Fsp3) is 0.455. The number of nitrogens with one attached hydrogen (secondary N) is 1. The van der Waals surface area contributed by atoms with Crippen LogP contribution in [0.4, 0.5) is 27.8 Å². The van der Waals surface area contributed by atoms with Gasteiger partial charge >= 0.3 is 18.1 Å². The van der Waals surface area contributed by atoms with Crippen molar-refractivity contribution in [2.45, 2.75) is 19.0 Å². The van der Waals surface area contributed by atoms with Crippen LogP contribution < -0.4 is 5.32 Å². The molecule has 1 heterocycles. The maximum Gasteiger partial charge on any atom is 0.455 e. The molecule has 0 bridgehead atoms. The van der Waals surface area contributed by atoms with Gasteiger partial charge in [0.1, 0.15) is 11.4 Å². The van der Waals surface area contributed by atoms with Crippen molar-refractivity contribution >= 4 is 11.8 Å². The predicted molar refractivity (Wildman–Crippen MR) is 59.8 cm³/mol. The van der Waals surface area contributed by atoms with Crippen LogP contribution in [0.15, 0.2) is 12.3 Å². The van der Waals surface area contributed by atoms with Crippen molar-refractivity contribution in [3.8, 4) is 0 Å². The van der Waals surface area contributed by atoms with Crippen LogP contribution in [0.3, 0.4) is 0 Å². The summed E-state index contributed by atoms with van der Waals surface area (Å²) in [6, 6.07) is 1.27. The normalized spacial score (nSPS) is 12.2. The molecule has 9 heteroatoms. The molecule has 0 spiro atoms. The van der Waals surface area contributed by atoms with Crippen molar-refractivity contribution in [3.63, 3.8) is 0 Å². The van der Waals surface area contributed by atoms with E-state index in [-0.39, 0.29) is 5.56 Å². The number of alkyl halides is 5. The lowest BCUT2D eigenvalue weighted by Crippen LogP contribution is -2.42. The average molecular weight is 298 g/mol. The summed E-state index contributed by atoms with van der Waals surface area (Å²) in [5.41, 5.74) is 0.309. The minimum atomic E-state index is -5.68. The van der Waals surface area contributed by atoms with E-state index >= 15 is 0 Å². The monoisotopic (exact) mass is 298 g/mol. The Morgan fingerprint density at radius 3 is 2.45 bits per heavy atom. The number of nitrogens with zero attached hydrogens (tertiary/aromatic N) is 1. The number of ether oxygens (including phenoxy) is 1. The van der Waals surface area contributed by atoms with Crippen LogP contribution in [0.5, 0.6) is 0 Å². The lowest BCUT2D eigenvalue weighted by Gasteiger charge is -2.20. The van der Waals surface area contributed by atoms with E-state index in [9.17, 15) is 26.7 Å². The average Bonchev–Trinajstić information content (AvgIpc) is 2.35. The Hall–Kier alpha value is -1.93. The molecule has 20 heavy (non-hydrogen) atoms. The fourth-order valence-electron chi connectivity index (χ4n) is 1.27. The lowest BCUT2D eigenvalue weighted by molar-refractivity contribution is -0.275. The molecule has 0 aromatic carbocycles. The Morgan fingerprint density at radius 2 is 1.95 bits per heavy atom. The van der Waals surface area contributed by atoms with Crippen molar-refractivity contribution in [2.75, 3.05) is 19.0 Å². The quantitative estimate of drug-likeness (QED) is 0.686. The number of rotatable bonds is 4. The highest BCUT2D eigenvalue weighted by atomic mass is 19.4. The predicted octanol–water partition coefficient (Wildman–Crippen LogP) is 2.79. The molecule has 0 aliphatic rings. The molecular formula is C11H11F5N2O2. The number of methoxy groups -OCH3 is 1. The summed E-state index contributed by atoms with van der Waals surface area (Å²) < 4.78 is 66.0. The number of anilines is 1. The summed E-state index contributed by atoms with van der Waals surface area (Å²) in [6.07, 6.45) is -4.46. The van der Waals surface area contributed by atoms with Gasteiger partial charge in [0.05, 0.1) is 13.7 Å². The minimum Gasteiger partial charge on any atom is -0.465 e. The number of hydrogen-bond donors (Lipinski definition) is 1. The maximum atomic E-state index is 12.8. The molecule has 1 aromatic heterocycles. The number of carbonyl (C=O) groups is 1. The Labute approximate surface area is 110 Å². The molecule has 0 aliphatic carbocycles. The molecule has 1 rings (SSSR count). The molecule has 0 amide bonds. The van der Waals surface area contributed by atoms with Crippen LogP contribution in [0.2, 0.25) is 0 Å². The van der Waals surface area contributed by atoms with Gasteiger partial charge in [-0.2, -0.15) is 22.0 Å². The molecule has 1 N–H and O–H groups in total. The Bertz CT molecular complexity index is 502. The van der Waals surface area contributed by atoms with Crippen LogP contribution >= 0.6 is 0 Å². The largest absolute Gasteiger partial charge is 0.465 e. The third-order valence-corrected chi connectivity index (χ3v) is 2.32. The van der Waals surface area contributed by atoms with E-state index in [1.807, 2.05) is 5.32 Å². The SMILES string of the molecule is COC(=O)c1cc(C)cnc1NCC(F)(F)C(F)(F)F. The van der Waals surface area contributed by atoms with Crippen LogP contribution in [0, 0.1) is 6.92 Å². The first-order valence-electron chi connectivity index (χ1n) is 5.32. The zero-order valence-corrected chi connectivity index (χ0v) is 10.5. The van der Waals surface area contributed by atoms with Gasteiger partial charge < -0.3 is 10.1 Å². The van der Waals surface area contributed by atoms with Gasteiger partial charge in [-0.3, -0.25) is 0 Å². The third kappa shape index (κ3) is 3.55. The van der Waals surface area contributed by atoms with Gasteiger partial charge in [-0.15, -0.1) is 0 Å². The van der Waals surface area contributed by atoms with Gasteiger partial charge in [0.15, 0.2) is 0 Å². The first-order valence-corrected chi connectivity index (χ1v) is 5.32. The van der Waals surface area contributed by atoms with Crippen molar-refractivity contribution in [2.24, 2.45) is 0 Å². The van der Waals surface area contributed by atoms with Gasteiger partial charge in [0.2, 0.25) is 0 Å². The number of carbonyl (C=O) groups excluding carboxylic acids is 1. The van der Waals surface area contributed by atoms with E-state index in [0.29, 0.717) is 5.56 Å². The highest BCUT2D eigenvalue weighted by molar-refractivity contribution is 5.94. The molecule has 0 saturated carbocycles. The zero-order valence-electron chi connectivity index (χ0n) is 10.5. The fourth-order valence-corrected chi connectivity index (χ4v) is 1.27. The summed E-state index contributed by atoms with van der Waals surface area (Å²) in [5.74, 6) is -6.22. The number of pyridine rings is 1. The Kier molecular flexibility index (Phi) is 4.51. The molecule has 0 saturated heterocycles. The van der Waals surface area contributed by atoms with Crippen LogP contribution in [-0.4, -0.2) is 36.7 Å². The second-order valence-corrected chi connectivity index (χ2v) is 3.96. The van der Waals surface area contributed by atoms with E-state index in [4.69, 9.17) is 0 Å². The van der Waals surface area contributed by atoms with Crippen molar-refractivity contribution in [1.29, 1.82) is 0 Å². The van der Waals surface area contributed by atoms with E-state index in [0.717, 1.165) is 7.11 Å². The van der Waals surface area contributed by atoms with Crippen molar-refractivity contribution in [3.05, 3.63) is 23.4 Å². The summed E-state index contributed by atoms with van der Waals surface area (Å²) >= 11 is 0. The number of aryl methyl sites for hydroxylation is 1. The molecule has 0 atom stereocenters. The van der Waals surface area contributed by atoms with Crippen LogP contribution in [-0.2, 0) is 4.74 Å². The number of esters is 1. The van der Waals surface area contributed by atoms with Gasteiger partial charge in [0, 0.05) is 6.20 Å². The van der Waals surface area contributed by atoms with Gasteiger partial charge in [-0.1, -0.05) is 0 Å². The van der Waals surface area contributed by atoms with E-state index in [1.54, 1.807) is 6.92 Å². The van der Waals surface area contributed by atoms with E-state index in [2.05, 4.69) is 9.72 Å². The van der Waals surface area contributed by atoms with Crippen LogP contribution in [0.25, 0.3) is 0 Å². The lowest BCUT2D eigenvalue weighted by atomic mass is 10.2. The van der Waals surface area contributed by atoms with Crippen molar-refractivity contribution in [1.82, 2.24) is 4.98 Å². The van der Waals surface area contributed by atoms with Gasteiger partial charge in [-0.25, -0.2) is 9.78 Å². The zero-order chi connectivity index (χ0) is 15.6. The Balaban J connectivity index is 2.96. The highest BCUT2D eigenvalue weighted by Gasteiger charge is 2.57. The standard InChI is InChI=1S/C11H11F5N2O2/c1-6-3-7(9(19)20-2)8(17-4-6)18-5-10(12,13)11(14,15)16/h3-4H,5H2,1-2H3,(H,17,18). The van der Waals surface area contributed by atoms with E-state index in [1.165, 1.54) is 12.3 Å². The Morgan fingerprint density at radius 1 is 1.35 bits per heavy atom. The first kappa shape index (κ1) is 16.1. The smallest absolute Gasteiger partial charge is 0.455 e. The topological polar surface area (TPSA) is 51.2 Å². The molecule has 1 aromatic rings. The van der Waals surface area contributed by atoms with Gasteiger partial charge in [0.25, 0.3) is 0 Å². The third-order valence-electron chi connectivity index (χ3n) is 2.32. The van der Waals surface area contributed by atoms with Gasteiger partial charge in [-0.05, 0) is 18.6 Å². The first-order chi connectivity index (χ1) is 9.08. The second-order valence-electron chi connectivity index (χ2n) is 3.96. The summed E-state index contributed by atoms with van der Waals surface area (Å²) in [6.45, 7) is -0.149. The number of hydrogen-bond acceptors (Lipinski definition) is 4. The summed E-state index contributed by atoms with van der Waals surface area (Å²) in [7, 11) is 1.05. The molecule has 0 fully saturated rings. The van der Waals surface area contributed by atoms with Crippen LogP contribution in [0.1, 0.15) is 15.9 Å². The summed E-state index contributed by atoms with van der Waals surface area (Å²) in [5, 5.41) is 1.82.